The number of aromatic nitrogens is 2. The number of aliphatic hydroxyl groups excluding tert-OH is 1. The van der Waals surface area contributed by atoms with E-state index in [0.717, 1.165) is 18.7 Å². The van der Waals surface area contributed by atoms with Gasteiger partial charge in [0.15, 0.2) is 0 Å². The van der Waals surface area contributed by atoms with Gasteiger partial charge in [-0.3, -0.25) is 4.98 Å². The normalized spacial score (nSPS) is 16.6. The van der Waals surface area contributed by atoms with E-state index in [-0.39, 0.29) is 6.61 Å². The standard InChI is InChI=1S/C11H16ClN3O/c12-10-7-13-8-11(14-10)15(5-6-16)9-3-1-2-4-9/h7-9,16H,1-6H2. The van der Waals surface area contributed by atoms with Crippen LogP contribution in [0, 0.1) is 0 Å². The minimum absolute atomic E-state index is 0.130. The number of rotatable bonds is 4. The molecular weight excluding hydrogens is 226 g/mol. The molecule has 16 heavy (non-hydrogen) atoms. The molecule has 1 fully saturated rings. The van der Waals surface area contributed by atoms with Crippen molar-refractivity contribution in [3.8, 4) is 0 Å². The van der Waals surface area contributed by atoms with Gasteiger partial charge in [0.25, 0.3) is 0 Å². The van der Waals surface area contributed by atoms with E-state index >= 15 is 0 Å². The smallest absolute Gasteiger partial charge is 0.149 e. The van der Waals surface area contributed by atoms with Crippen molar-refractivity contribution in [3.63, 3.8) is 0 Å². The van der Waals surface area contributed by atoms with Crippen LogP contribution in [0.3, 0.4) is 0 Å². The topological polar surface area (TPSA) is 49.2 Å². The molecule has 1 aliphatic carbocycles. The SMILES string of the molecule is OCCN(c1cncc(Cl)n1)C1CCCC1. The van der Waals surface area contributed by atoms with Gasteiger partial charge in [0.1, 0.15) is 11.0 Å². The molecule has 2 rings (SSSR count). The molecule has 1 aliphatic rings. The summed E-state index contributed by atoms with van der Waals surface area (Å²) < 4.78 is 0. The van der Waals surface area contributed by atoms with E-state index in [1.54, 1.807) is 6.20 Å². The first-order chi connectivity index (χ1) is 7.81. The van der Waals surface area contributed by atoms with Crippen molar-refractivity contribution < 1.29 is 5.11 Å². The van der Waals surface area contributed by atoms with Crippen LogP contribution >= 0.6 is 11.6 Å². The molecule has 4 nitrogen and oxygen atoms in total. The van der Waals surface area contributed by atoms with E-state index in [2.05, 4.69) is 14.9 Å². The summed E-state index contributed by atoms with van der Waals surface area (Å²) in [5, 5.41) is 9.51. The summed E-state index contributed by atoms with van der Waals surface area (Å²) in [7, 11) is 0. The average Bonchev–Trinajstić information content (AvgIpc) is 2.79. The number of halogens is 1. The van der Waals surface area contributed by atoms with Gasteiger partial charge in [-0.2, -0.15) is 0 Å². The van der Waals surface area contributed by atoms with Crippen LogP contribution in [0.25, 0.3) is 0 Å². The molecule has 0 saturated heterocycles. The summed E-state index contributed by atoms with van der Waals surface area (Å²) in [6.45, 7) is 0.727. The second-order valence-corrected chi connectivity index (χ2v) is 4.44. The lowest BCUT2D eigenvalue weighted by Gasteiger charge is -2.29. The first-order valence-electron chi connectivity index (χ1n) is 5.66. The molecule has 1 aromatic rings. The van der Waals surface area contributed by atoms with Crippen LogP contribution in [0.15, 0.2) is 12.4 Å². The zero-order chi connectivity index (χ0) is 11.4. The second kappa shape index (κ2) is 5.46. The Morgan fingerprint density at radius 3 is 2.75 bits per heavy atom. The van der Waals surface area contributed by atoms with Crippen LogP contribution in [0.4, 0.5) is 5.82 Å². The van der Waals surface area contributed by atoms with Crippen molar-refractivity contribution in [1.29, 1.82) is 0 Å². The fourth-order valence-corrected chi connectivity index (χ4v) is 2.42. The maximum absolute atomic E-state index is 9.10. The number of anilines is 1. The van der Waals surface area contributed by atoms with Crippen molar-refractivity contribution in [2.45, 2.75) is 31.7 Å². The van der Waals surface area contributed by atoms with Crippen LogP contribution < -0.4 is 4.90 Å². The molecule has 1 heterocycles. The molecule has 0 spiro atoms. The monoisotopic (exact) mass is 241 g/mol. The Balaban J connectivity index is 2.17. The predicted octanol–water partition coefficient (Wildman–Crippen LogP) is 1.87. The van der Waals surface area contributed by atoms with E-state index < -0.39 is 0 Å². The van der Waals surface area contributed by atoms with E-state index in [4.69, 9.17) is 16.7 Å². The largest absolute Gasteiger partial charge is 0.395 e. The molecule has 1 N–H and O–H groups in total. The molecule has 1 saturated carbocycles. The number of aliphatic hydroxyl groups is 1. The third kappa shape index (κ3) is 2.62. The van der Waals surface area contributed by atoms with Crippen molar-refractivity contribution in [2.75, 3.05) is 18.1 Å². The summed E-state index contributed by atoms with van der Waals surface area (Å²) >= 11 is 5.83. The molecule has 0 unspecified atom stereocenters. The first-order valence-corrected chi connectivity index (χ1v) is 6.04. The molecule has 88 valence electrons. The van der Waals surface area contributed by atoms with E-state index in [1.807, 2.05) is 0 Å². The van der Waals surface area contributed by atoms with Crippen molar-refractivity contribution >= 4 is 17.4 Å². The van der Waals surface area contributed by atoms with Gasteiger partial charge in [-0.15, -0.1) is 0 Å². The van der Waals surface area contributed by atoms with Gasteiger partial charge >= 0.3 is 0 Å². The maximum Gasteiger partial charge on any atom is 0.149 e. The van der Waals surface area contributed by atoms with Gasteiger partial charge in [-0.05, 0) is 12.8 Å². The fraction of sp³-hybridized carbons (Fsp3) is 0.636. The predicted molar refractivity (Wildman–Crippen MR) is 63.7 cm³/mol. The van der Waals surface area contributed by atoms with Gasteiger partial charge < -0.3 is 10.0 Å². The van der Waals surface area contributed by atoms with E-state index in [9.17, 15) is 0 Å². The summed E-state index contributed by atoms with van der Waals surface area (Å²) in [6, 6.07) is 0.472. The Bertz CT molecular complexity index is 342. The van der Waals surface area contributed by atoms with Crippen LogP contribution in [-0.2, 0) is 0 Å². The number of nitrogens with zero attached hydrogens (tertiary/aromatic N) is 3. The van der Waals surface area contributed by atoms with Gasteiger partial charge in [-0.25, -0.2) is 4.98 Å². The quantitative estimate of drug-likeness (QED) is 0.875. The summed E-state index contributed by atoms with van der Waals surface area (Å²) in [5.41, 5.74) is 0. The molecular formula is C11H16ClN3O. The Morgan fingerprint density at radius 2 is 2.12 bits per heavy atom. The molecule has 0 aliphatic heterocycles. The molecule has 0 aromatic carbocycles. The van der Waals surface area contributed by atoms with Gasteiger partial charge in [0.2, 0.25) is 0 Å². The van der Waals surface area contributed by atoms with Crippen LogP contribution in [-0.4, -0.2) is 34.3 Å². The Morgan fingerprint density at radius 1 is 1.38 bits per heavy atom. The van der Waals surface area contributed by atoms with Crippen molar-refractivity contribution in [2.24, 2.45) is 0 Å². The molecule has 0 bridgehead atoms. The number of hydrogen-bond acceptors (Lipinski definition) is 4. The van der Waals surface area contributed by atoms with Crippen molar-refractivity contribution in [1.82, 2.24) is 9.97 Å². The highest BCUT2D eigenvalue weighted by Gasteiger charge is 2.23. The Kier molecular flexibility index (Phi) is 3.96. The minimum Gasteiger partial charge on any atom is -0.395 e. The molecule has 0 radical (unpaired) electrons. The molecule has 5 heteroatoms. The second-order valence-electron chi connectivity index (χ2n) is 4.06. The van der Waals surface area contributed by atoms with E-state index in [1.165, 1.54) is 19.0 Å². The van der Waals surface area contributed by atoms with Gasteiger partial charge in [0, 0.05) is 12.6 Å². The maximum atomic E-state index is 9.10. The fourth-order valence-electron chi connectivity index (χ4n) is 2.28. The lowest BCUT2D eigenvalue weighted by atomic mass is 10.2. The average molecular weight is 242 g/mol. The lowest BCUT2D eigenvalue weighted by Crippen LogP contribution is -2.36. The third-order valence-electron chi connectivity index (χ3n) is 2.99. The molecule has 0 amide bonds. The summed E-state index contributed by atoms with van der Waals surface area (Å²) in [6.07, 6.45) is 8.06. The Labute approximate surface area is 100 Å². The van der Waals surface area contributed by atoms with Crippen LogP contribution in [0.5, 0.6) is 0 Å². The van der Waals surface area contributed by atoms with Gasteiger partial charge in [-0.1, -0.05) is 24.4 Å². The van der Waals surface area contributed by atoms with E-state index in [0.29, 0.717) is 17.7 Å². The zero-order valence-corrected chi connectivity index (χ0v) is 9.90. The molecule has 1 aromatic heterocycles. The van der Waals surface area contributed by atoms with Gasteiger partial charge in [0.05, 0.1) is 19.0 Å². The highest BCUT2D eigenvalue weighted by Crippen LogP contribution is 2.26. The van der Waals surface area contributed by atoms with Crippen LogP contribution in [0.2, 0.25) is 5.15 Å². The third-order valence-corrected chi connectivity index (χ3v) is 3.18. The number of hydrogen-bond donors (Lipinski definition) is 1. The highest BCUT2D eigenvalue weighted by molar-refractivity contribution is 6.29. The van der Waals surface area contributed by atoms with Crippen LogP contribution in [0.1, 0.15) is 25.7 Å². The summed E-state index contributed by atoms with van der Waals surface area (Å²) in [4.78, 5) is 10.4. The zero-order valence-electron chi connectivity index (χ0n) is 9.14. The first kappa shape index (κ1) is 11.6. The summed E-state index contributed by atoms with van der Waals surface area (Å²) in [5.74, 6) is 0.772. The Hall–Kier alpha value is -0.870. The highest BCUT2D eigenvalue weighted by atomic mass is 35.5. The lowest BCUT2D eigenvalue weighted by molar-refractivity contribution is 0.297. The van der Waals surface area contributed by atoms with Crippen molar-refractivity contribution in [3.05, 3.63) is 17.5 Å². The molecule has 0 atom stereocenters. The minimum atomic E-state index is 0.130.